The van der Waals surface area contributed by atoms with Crippen molar-refractivity contribution in [3.05, 3.63) is 27.7 Å². The highest BCUT2D eigenvalue weighted by atomic mass is 32.2. The second kappa shape index (κ2) is 8.70. The van der Waals surface area contributed by atoms with Crippen molar-refractivity contribution in [3.8, 4) is 0 Å². The number of aromatic nitrogens is 2. The molecule has 26 heavy (non-hydrogen) atoms. The Morgan fingerprint density at radius 2 is 2.08 bits per heavy atom. The minimum atomic E-state index is -0.247. The first-order valence-corrected chi connectivity index (χ1v) is 10.4. The number of H-pyrrole nitrogens is 1. The molecule has 1 saturated carbocycles. The summed E-state index contributed by atoms with van der Waals surface area (Å²) < 4.78 is 0. The van der Waals surface area contributed by atoms with Gasteiger partial charge in [-0.2, -0.15) is 5.10 Å². The number of aromatic amines is 1. The number of nitrogens with one attached hydrogen (secondary N) is 1. The van der Waals surface area contributed by atoms with Crippen LogP contribution in [0.25, 0.3) is 0 Å². The lowest BCUT2D eigenvalue weighted by Gasteiger charge is -2.31. The molecule has 0 bridgehead atoms. The molecule has 1 aromatic heterocycles. The van der Waals surface area contributed by atoms with Crippen LogP contribution in [0.3, 0.4) is 0 Å². The summed E-state index contributed by atoms with van der Waals surface area (Å²) in [6.45, 7) is 1.02. The van der Waals surface area contributed by atoms with Gasteiger partial charge in [0.25, 0.3) is 5.56 Å². The number of carbonyl (C=O) groups is 2. The van der Waals surface area contributed by atoms with Crippen LogP contribution in [0.15, 0.2) is 10.9 Å². The highest BCUT2D eigenvalue weighted by Gasteiger charge is 2.24. The smallest absolute Gasteiger partial charge is 0.264 e. The number of amides is 2. The largest absolute Gasteiger partial charge is 0.342 e. The van der Waals surface area contributed by atoms with Crippen LogP contribution in [0.1, 0.15) is 43.4 Å². The first-order valence-electron chi connectivity index (χ1n) is 9.23. The molecule has 1 fully saturated rings. The average molecular weight is 378 g/mol. The molecule has 7 nitrogen and oxygen atoms in total. The summed E-state index contributed by atoms with van der Waals surface area (Å²) in [4.78, 5) is 39.8. The molecule has 0 aromatic carbocycles. The molecule has 0 unspecified atom stereocenters. The molecule has 1 aromatic rings. The van der Waals surface area contributed by atoms with Crippen molar-refractivity contribution in [3.63, 3.8) is 0 Å². The van der Waals surface area contributed by atoms with Crippen LogP contribution in [0, 0.1) is 0 Å². The molecule has 3 rings (SSSR count). The maximum Gasteiger partial charge on any atom is 0.264 e. The maximum absolute atomic E-state index is 12.4. The van der Waals surface area contributed by atoms with Gasteiger partial charge in [-0.25, -0.2) is 5.10 Å². The Morgan fingerprint density at radius 3 is 2.85 bits per heavy atom. The third-order valence-electron chi connectivity index (χ3n) is 5.28. The molecular formula is C18H26N4O3S. The predicted molar refractivity (Wildman–Crippen MR) is 101 cm³/mol. The van der Waals surface area contributed by atoms with Crippen LogP contribution < -0.4 is 5.56 Å². The third kappa shape index (κ3) is 4.66. The van der Waals surface area contributed by atoms with E-state index in [1.54, 1.807) is 4.90 Å². The van der Waals surface area contributed by atoms with Gasteiger partial charge in [0.2, 0.25) is 11.8 Å². The number of fused-ring (bicyclic) bond motifs is 1. The highest BCUT2D eigenvalue weighted by molar-refractivity contribution is 8.00. The molecule has 0 atom stereocenters. The van der Waals surface area contributed by atoms with Gasteiger partial charge in [-0.3, -0.25) is 14.4 Å². The number of thioether (sulfide) groups is 1. The van der Waals surface area contributed by atoms with E-state index in [2.05, 4.69) is 10.2 Å². The number of hydrogen-bond donors (Lipinski definition) is 1. The van der Waals surface area contributed by atoms with E-state index in [9.17, 15) is 14.4 Å². The zero-order valence-corrected chi connectivity index (χ0v) is 16.0. The zero-order chi connectivity index (χ0) is 18.5. The van der Waals surface area contributed by atoms with Gasteiger partial charge in [0.15, 0.2) is 0 Å². The van der Waals surface area contributed by atoms with E-state index in [1.807, 2.05) is 11.9 Å². The van der Waals surface area contributed by atoms with E-state index >= 15 is 0 Å². The summed E-state index contributed by atoms with van der Waals surface area (Å²) in [6.07, 6.45) is 6.48. The quantitative estimate of drug-likeness (QED) is 0.831. The van der Waals surface area contributed by atoms with Crippen LogP contribution in [0.4, 0.5) is 0 Å². The predicted octanol–water partition coefficient (Wildman–Crippen LogP) is 1.18. The zero-order valence-electron chi connectivity index (χ0n) is 15.2. The summed E-state index contributed by atoms with van der Waals surface area (Å²) in [7, 11) is 1.88. The van der Waals surface area contributed by atoms with Crippen LogP contribution in [-0.2, 0) is 22.6 Å². The molecule has 0 saturated heterocycles. The van der Waals surface area contributed by atoms with Gasteiger partial charge in [0.05, 0.1) is 17.2 Å². The monoisotopic (exact) mass is 378 g/mol. The molecule has 0 spiro atoms. The van der Waals surface area contributed by atoms with Gasteiger partial charge in [-0.1, -0.05) is 19.3 Å². The Labute approximate surface area is 157 Å². The Kier molecular flexibility index (Phi) is 6.34. The minimum absolute atomic E-state index is 0.00838. The highest BCUT2D eigenvalue weighted by Crippen LogP contribution is 2.22. The Morgan fingerprint density at radius 1 is 1.31 bits per heavy atom. The molecular weight excluding hydrogens is 352 g/mol. The molecule has 0 radical (unpaired) electrons. The van der Waals surface area contributed by atoms with Crippen LogP contribution >= 0.6 is 11.8 Å². The van der Waals surface area contributed by atoms with Gasteiger partial charge >= 0.3 is 0 Å². The van der Waals surface area contributed by atoms with Crippen molar-refractivity contribution in [2.75, 3.05) is 25.1 Å². The van der Waals surface area contributed by atoms with Gasteiger partial charge in [0.1, 0.15) is 0 Å². The van der Waals surface area contributed by atoms with Gasteiger partial charge in [-0.05, 0) is 12.8 Å². The lowest BCUT2D eigenvalue weighted by atomic mass is 9.94. The fourth-order valence-electron chi connectivity index (χ4n) is 3.65. The summed E-state index contributed by atoms with van der Waals surface area (Å²) in [5.41, 5.74) is 1.42. The lowest BCUT2D eigenvalue weighted by molar-refractivity contribution is -0.129. The van der Waals surface area contributed by atoms with E-state index in [0.29, 0.717) is 31.3 Å². The maximum atomic E-state index is 12.4. The van der Waals surface area contributed by atoms with E-state index < -0.39 is 0 Å². The van der Waals surface area contributed by atoms with Crippen molar-refractivity contribution < 1.29 is 9.59 Å². The molecule has 1 aliphatic heterocycles. The second-order valence-electron chi connectivity index (χ2n) is 7.06. The first-order chi connectivity index (χ1) is 12.5. The van der Waals surface area contributed by atoms with E-state index in [-0.39, 0.29) is 23.1 Å². The van der Waals surface area contributed by atoms with Crippen LogP contribution in [-0.4, -0.2) is 63.0 Å². The van der Waals surface area contributed by atoms with Crippen LogP contribution in [0.5, 0.6) is 0 Å². The summed E-state index contributed by atoms with van der Waals surface area (Å²) >= 11 is 1.37. The van der Waals surface area contributed by atoms with E-state index in [1.165, 1.54) is 37.1 Å². The Hall–Kier alpha value is -1.83. The molecule has 1 aliphatic carbocycles. The number of rotatable bonds is 5. The average Bonchev–Trinajstić information content (AvgIpc) is 2.67. The summed E-state index contributed by atoms with van der Waals surface area (Å²) in [6, 6.07) is 1.87. The van der Waals surface area contributed by atoms with E-state index in [0.717, 1.165) is 24.1 Å². The molecule has 8 heteroatoms. The van der Waals surface area contributed by atoms with Crippen molar-refractivity contribution in [1.29, 1.82) is 0 Å². The van der Waals surface area contributed by atoms with Crippen molar-refractivity contribution in [1.82, 2.24) is 20.0 Å². The lowest BCUT2D eigenvalue weighted by Crippen LogP contribution is -2.40. The first kappa shape index (κ1) is 18.9. The van der Waals surface area contributed by atoms with Gasteiger partial charge < -0.3 is 9.80 Å². The fraction of sp³-hybridized carbons (Fsp3) is 0.667. The Balaban J connectivity index is 1.44. The summed E-state index contributed by atoms with van der Waals surface area (Å²) in [5.74, 6) is 0.740. The van der Waals surface area contributed by atoms with Gasteiger partial charge in [-0.15, -0.1) is 11.8 Å². The van der Waals surface area contributed by atoms with E-state index in [4.69, 9.17) is 0 Å². The van der Waals surface area contributed by atoms with Gasteiger partial charge in [0, 0.05) is 44.2 Å². The molecule has 142 valence electrons. The fourth-order valence-corrected chi connectivity index (χ4v) is 4.49. The molecule has 2 amide bonds. The molecule has 1 N–H and O–H groups in total. The molecule has 2 aliphatic rings. The van der Waals surface area contributed by atoms with Crippen LogP contribution in [0.2, 0.25) is 0 Å². The number of carbonyl (C=O) groups excluding carboxylic acids is 2. The Bertz CT molecular complexity index is 715. The third-order valence-corrected chi connectivity index (χ3v) is 6.18. The van der Waals surface area contributed by atoms with Crippen molar-refractivity contribution in [2.24, 2.45) is 0 Å². The standard InChI is InChI=1S/C18H26N4O3S/c1-21(14-5-3-2-4-6-14)17(24)11-26-12-18(25)22-8-7-15-13(10-22)9-16(23)20-19-15/h9,14H,2-8,10-12H2,1H3,(H,20,23). The molecule has 2 heterocycles. The SMILES string of the molecule is CN(C(=O)CSCC(=O)N1CCc2n[nH]c(=O)cc2C1)C1CCCCC1. The topological polar surface area (TPSA) is 86.4 Å². The minimum Gasteiger partial charge on any atom is -0.342 e. The summed E-state index contributed by atoms with van der Waals surface area (Å²) in [5, 5.41) is 6.46. The number of nitrogens with zero attached hydrogens (tertiary/aromatic N) is 3. The number of hydrogen-bond acceptors (Lipinski definition) is 5. The van der Waals surface area contributed by atoms with Crippen molar-refractivity contribution >= 4 is 23.6 Å². The van der Waals surface area contributed by atoms with Crippen molar-refractivity contribution in [2.45, 2.75) is 51.1 Å². The second-order valence-corrected chi connectivity index (χ2v) is 8.04. The normalized spacial score (nSPS) is 17.7.